The van der Waals surface area contributed by atoms with Gasteiger partial charge in [0.05, 0.1) is 5.52 Å². The van der Waals surface area contributed by atoms with Gasteiger partial charge in [-0.15, -0.1) is 0 Å². The van der Waals surface area contributed by atoms with Gasteiger partial charge in [-0.25, -0.2) is 0 Å². The van der Waals surface area contributed by atoms with Crippen molar-refractivity contribution in [1.29, 1.82) is 0 Å². The molecule has 2 aromatic heterocycles. The second-order valence-corrected chi connectivity index (χ2v) is 8.75. The second kappa shape index (κ2) is 5.43. The van der Waals surface area contributed by atoms with Crippen LogP contribution in [-0.4, -0.2) is 28.0 Å². The molecule has 1 atom stereocenters. The van der Waals surface area contributed by atoms with Gasteiger partial charge < -0.3 is 9.47 Å². The van der Waals surface area contributed by atoms with E-state index in [2.05, 4.69) is 72.7 Å². The molecule has 3 nitrogen and oxygen atoms in total. The number of nitrogens with zero attached hydrogens (tertiary/aromatic N) is 3. The van der Waals surface area contributed by atoms with Gasteiger partial charge in [-0.05, 0) is 56.1 Å². The van der Waals surface area contributed by atoms with E-state index in [0.717, 1.165) is 38.2 Å². The van der Waals surface area contributed by atoms with E-state index in [0.29, 0.717) is 0 Å². The van der Waals surface area contributed by atoms with E-state index < -0.39 is 0 Å². The van der Waals surface area contributed by atoms with Gasteiger partial charge in [-0.3, -0.25) is 4.98 Å². The Labute approximate surface area is 155 Å². The van der Waals surface area contributed by atoms with Crippen LogP contribution in [0.15, 0.2) is 30.5 Å². The molecule has 0 amide bonds. The summed E-state index contributed by atoms with van der Waals surface area (Å²) < 4.78 is 2.65. The molecule has 0 aliphatic carbocycles. The maximum Gasteiger partial charge on any atom is 0.0519 e. The number of hydrogen-bond acceptors (Lipinski definition) is 2. The first kappa shape index (κ1) is 16.1. The lowest BCUT2D eigenvalue weighted by atomic mass is 9.75. The van der Waals surface area contributed by atoms with E-state index >= 15 is 0 Å². The van der Waals surface area contributed by atoms with Crippen molar-refractivity contribution in [3.05, 3.63) is 64.1 Å². The first-order valence-electron chi connectivity index (χ1n) is 9.70. The third kappa shape index (κ3) is 2.26. The van der Waals surface area contributed by atoms with Gasteiger partial charge in [0, 0.05) is 54.4 Å². The summed E-state index contributed by atoms with van der Waals surface area (Å²) in [6, 6.07) is 9.25. The van der Waals surface area contributed by atoms with Crippen LogP contribution in [0.1, 0.15) is 40.6 Å². The summed E-state index contributed by atoms with van der Waals surface area (Å²) in [7, 11) is 2.24. The lowest BCUT2D eigenvalue weighted by molar-refractivity contribution is 0.302. The fourth-order valence-corrected chi connectivity index (χ4v) is 5.12. The molecule has 134 valence electrons. The lowest BCUT2D eigenvalue weighted by Gasteiger charge is -2.37. The standard InChI is InChI=1S/C23H27N3/c1-15-9-17-11-23(3,18-6-5-16(2)24-12-18)14-26-21-7-8-25(4)13-20(21)19(10-15)22(17)26/h5-6,9-10,12H,7-8,11,13-14H2,1-4H3. The Kier molecular flexibility index (Phi) is 3.36. The molecule has 1 unspecified atom stereocenters. The van der Waals surface area contributed by atoms with E-state index in [1.807, 2.05) is 0 Å². The van der Waals surface area contributed by atoms with Gasteiger partial charge in [-0.1, -0.05) is 24.6 Å². The Bertz CT molecular complexity index is 1010. The number of likely N-dealkylation sites (N-methyl/N-ethyl adjacent to an activating group) is 1. The zero-order chi connectivity index (χ0) is 18.1. The van der Waals surface area contributed by atoms with Crippen LogP contribution in [0.2, 0.25) is 0 Å². The molecule has 0 fully saturated rings. The van der Waals surface area contributed by atoms with Crippen molar-refractivity contribution in [2.75, 3.05) is 13.6 Å². The van der Waals surface area contributed by atoms with E-state index in [-0.39, 0.29) is 5.41 Å². The Balaban J connectivity index is 1.73. The minimum atomic E-state index is 0.102. The average molecular weight is 345 g/mol. The van der Waals surface area contributed by atoms with Crippen LogP contribution in [0.5, 0.6) is 0 Å². The molecule has 26 heavy (non-hydrogen) atoms. The molecule has 0 saturated heterocycles. The number of hydrogen-bond donors (Lipinski definition) is 0. The quantitative estimate of drug-likeness (QED) is 0.660. The van der Waals surface area contributed by atoms with Gasteiger partial charge in [0.2, 0.25) is 0 Å². The highest BCUT2D eigenvalue weighted by atomic mass is 15.1. The van der Waals surface area contributed by atoms with E-state index in [9.17, 15) is 0 Å². The molecule has 0 spiro atoms. The van der Waals surface area contributed by atoms with Gasteiger partial charge >= 0.3 is 0 Å². The van der Waals surface area contributed by atoms with Crippen molar-refractivity contribution < 1.29 is 0 Å². The lowest BCUT2D eigenvalue weighted by Crippen LogP contribution is -2.36. The average Bonchev–Trinajstić information content (AvgIpc) is 2.89. The minimum Gasteiger partial charge on any atom is -0.343 e. The molecule has 0 radical (unpaired) electrons. The fourth-order valence-electron chi connectivity index (χ4n) is 5.12. The SMILES string of the molecule is Cc1cc2c3c(c1)c1c(n3CC(C)(c3ccc(C)nc3)C2)CCN(C)C1. The van der Waals surface area contributed by atoms with Crippen LogP contribution in [0.3, 0.4) is 0 Å². The smallest absolute Gasteiger partial charge is 0.0519 e. The molecular weight excluding hydrogens is 318 g/mol. The molecular formula is C23H27N3. The molecule has 0 N–H and O–H groups in total. The van der Waals surface area contributed by atoms with E-state index in [1.165, 1.54) is 27.6 Å². The molecule has 3 aromatic rings. The predicted octanol–water partition coefficient (Wildman–Crippen LogP) is 4.16. The highest BCUT2D eigenvalue weighted by Gasteiger charge is 2.36. The molecule has 2 aliphatic rings. The van der Waals surface area contributed by atoms with Gasteiger partial charge in [0.1, 0.15) is 0 Å². The molecule has 1 aromatic carbocycles. The van der Waals surface area contributed by atoms with Crippen molar-refractivity contribution in [2.45, 2.75) is 52.1 Å². The number of pyridine rings is 1. The number of rotatable bonds is 1. The summed E-state index contributed by atoms with van der Waals surface area (Å²) in [6.45, 7) is 10.0. The Morgan fingerprint density at radius 1 is 1.15 bits per heavy atom. The highest BCUT2D eigenvalue weighted by Crippen LogP contribution is 2.42. The molecule has 5 rings (SSSR count). The van der Waals surface area contributed by atoms with Crippen LogP contribution < -0.4 is 0 Å². The zero-order valence-corrected chi connectivity index (χ0v) is 16.3. The zero-order valence-electron chi connectivity index (χ0n) is 16.3. The van der Waals surface area contributed by atoms with Crippen molar-refractivity contribution >= 4 is 10.9 Å². The first-order chi connectivity index (χ1) is 12.4. The highest BCUT2D eigenvalue weighted by molar-refractivity contribution is 5.90. The summed E-state index contributed by atoms with van der Waals surface area (Å²) in [4.78, 5) is 7.04. The van der Waals surface area contributed by atoms with Gasteiger partial charge in [0.25, 0.3) is 0 Å². The van der Waals surface area contributed by atoms with Crippen molar-refractivity contribution in [2.24, 2.45) is 0 Å². The van der Waals surface area contributed by atoms with Gasteiger partial charge in [-0.2, -0.15) is 0 Å². The van der Waals surface area contributed by atoms with Crippen molar-refractivity contribution in [3.8, 4) is 0 Å². The number of aryl methyl sites for hydroxylation is 2. The molecule has 0 saturated carbocycles. The summed E-state index contributed by atoms with van der Waals surface area (Å²) in [6.07, 6.45) is 4.34. The third-order valence-corrected chi connectivity index (χ3v) is 6.46. The fraction of sp³-hybridized carbons (Fsp3) is 0.435. The normalized spacial score (nSPS) is 22.6. The maximum atomic E-state index is 4.59. The predicted molar refractivity (Wildman–Crippen MR) is 107 cm³/mol. The Morgan fingerprint density at radius 2 is 2.00 bits per heavy atom. The monoisotopic (exact) mass is 345 g/mol. The molecule has 0 bridgehead atoms. The van der Waals surface area contributed by atoms with Crippen LogP contribution in [-0.2, 0) is 31.3 Å². The van der Waals surface area contributed by atoms with Crippen LogP contribution in [0.25, 0.3) is 10.9 Å². The Morgan fingerprint density at radius 3 is 2.77 bits per heavy atom. The van der Waals surface area contributed by atoms with E-state index in [4.69, 9.17) is 0 Å². The number of aromatic nitrogens is 2. The van der Waals surface area contributed by atoms with Gasteiger partial charge in [0.15, 0.2) is 0 Å². The summed E-state index contributed by atoms with van der Waals surface area (Å²) in [5.74, 6) is 0. The van der Waals surface area contributed by atoms with Crippen LogP contribution in [0.4, 0.5) is 0 Å². The Hall–Kier alpha value is -2.13. The minimum absolute atomic E-state index is 0.102. The van der Waals surface area contributed by atoms with Crippen molar-refractivity contribution in [3.63, 3.8) is 0 Å². The van der Waals surface area contributed by atoms with Crippen molar-refractivity contribution in [1.82, 2.24) is 14.5 Å². The topological polar surface area (TPSA) is 21.1 Å². The number of benzene rings is 1. The first-order valence-corrected chi connectivity index (χ1v) is 9.70. The molecule has 3 heteroatoms. The van der Waals surface area contributed by atoms with E-state index in [1.54, 1.807) is 11.3 Å². The summed E-state index contributed by atoms with van der Waals surface area (Å²) in [5.41, 5.74) is 10.1. The molecule has 4 heterocycles. The third-order valence-electron chi connectivity index (χ3n) is 6.46. The van der Waals surface area contributed by atoms with Crippen LogP contribution >= 0.6 is 0 Å². The second-order valence-electron chi connectivity index (χ2n) is 8.75. The molecule has 2 aliphatic heterocycles. The summed E-state index contributed by atoms with van der Waals surface area (Å²) >= 11 is 0. The largest absolute Gasteiger partial charge is 0.343 e. The summed E-state index contributed by atoms with van der Waals surface area (Å²) in [5, 5.41) is 1.49. The van der Waals surface area contributed by atoms with Crippen LogP contribution in [0, 0.1) is 13.8 Å². The maximum absolute atomic E-state index is 4.59. The number of fused-ring (bicyclic) bond motifs is 3.